The van der Waals surface area contributed by atoms with Crippen molar-refractivity contribution in [3.8, 4) is 0 Å². The van der Waals surface area contributed by atoms with Crippen LogP contribution in [0, 0.1) is 11.7 Å². The number of hydrogen-bond acceptors (Lipinski definition) is 2. The number of benzene rings is 1. The molecular weight excluding hydrogens is 333 g/mol. The summed E-state index contributed by atoms with van der Waals surface area (Å²) in [6.45, 7) is 3.20. The van der Waals surface area contributed by atoms with Crippen LogP contribution in [-0.2, 0) is 4.79 Å². The van der Waals surface area contributed by atoms with Crippen molar-refractivity contribution in [2.45, 2.75) is 44.9 Å². The summed E-state index contributed by atoms with van der Waals surface area (Å²) in [6, 6.07) is 5.64. The number of nitrogens with one attached hydrogen (secondary N) is 1. The summed E-state index contributed by atoms with van der Waals surface area (Å²) in [5.41, 5.74) is 0.596. The van der Waals surface area contributed by atoms with Gasteiger partial charge in [0.15, 0.2) is 0 Å². The fraction of sp³-hybridized carbons (Fsp3) is 0.600. The highest BCUT2D eigenvalue weighted by molar-refractivity contribution is 5.89. The van der Waals surface area contributed by atoms with Gasteiger partial charge in [-0.25, -0.2) is 9.18 Å². The van der Waals surface area contributed by atoms with E-state index in [1.54, 1.807) is 12.1 Å². The lowest BCUT2D eigenvalue weighted by Gasteiger charge is -2.33. The molecule has 1 aromatic carbocycles. The van der Waals surface area contributed by atoms with Crippen molar-refractivity contribution >= 4 is 17.6 Å². The Kier molecular flexibility index (Phi) is 6.47. The molecule has 3 amide bonds. The maximum atomic E-state index is 13.0. The van der Waals surface area contributed by atoms with Crippen molar-refractivity contribution in [3.63, 3.8) is 0 Å². The third-order valence-electron chi connectivity index (χ3n) is 5.38. The van der Waals surface area contributed by atoms with Crippen LogP contribution in [0.2, 0.25) is 0 Å². The molecule has 0 unspecified atom stereocenters. The van der Waals surface area contributed by atoms with E-state index in [0.717, 1.165) is 51.7 Å². The molecule has 0 spiro atoms. The smallest absolute Gasteiger partial charge is 0.321 e. The molecule has 2 heterocycles. The first-order chi connectivity index (χ1) is 12.6. The minimum Gasteiger partial charge on any atom is -0.343 e. The molecule has 26 heavy (non-hydrogen) atoms. The van der Waals surface area contributed by atoms with Crippen LogP contribution in [0.3, 0.4) is 0 Å². The Bertz CT molecular complexity index is 614. The molecule has 2 fully saturated rings. The molecule has 1 aromatic rings. The number of carbonyl (C=O) groups excluding carboxylic acids is 2. The lowest BCUT2D eigenvalue weighted by atomic mass is 9.93. The average molecular weight is 361 g/mol. The topological polar surface area (TPSA) is 52.7 Å². The van der Waals surface area contributed by atoms with Gasteiger partial charge in [0.1, 0.15) is 5.82 Å². The number of hydrogen-bond donors (Lipinski definition) is 1. The maximum Gasteiger partial charge on any atom is 0.321 e. The van der Waals surface area contributed by atoms with Crippen LogP contribution in [0.25, 0.3) is 0 Å². The van der Waals surface area contributed by atoms with E-state index in [9.17, 15) is 14.0 Å². The minimum atomic E-state index is -0.320. The summed E-state index contributed by atoms with van der Waals surface area (Å²) < 4.78 is 13.0. The van der Waals surface area contributed by atoms with Crippen molar-refractivity contribution in [3.05, 3.63) is 30.1 Å². The number of nitrogens with zero attached hydrogens (tertiary/aromatic N) is 2. The van der Waals surface area contributed by atoms with Gasteiger partial charge in [-0.3, -0.25) is 4.79 Å². The molecule has 0 aliphatic carbocycles. The molecule has 6 heteroatoms. The van der Waals surface area contributed by atoms with Crippen LogP contribution in [0.4, 0.5) is 14.9 Å². The lowest BCUT2D eigenvalue weighted by molar-refractivity contribution is -0.132. The second-order valence-electron chi connectivity index (χ2n) is 7.37. The van der Waals surface area contributed by atoms with Gasteiger partial charge in [-0.15, -0.1) is 0 Å². The van der Waals surface area contributed by atoms with Gasteiger partial charge in [-0.1, -0.05) is 0 Å². The van der Waals surface area contributed by atoms with Crippen LogP contribution in [0.1, 0.15) is 44.9 Å². The largest absolute Gasteiger partial charge is 0.343 e. The second kappa shape index (κ2) is 9.01. The second-order valence-corrected chi connectivity index (χ2v) is 7.37. The fourth-order valence-electron chi connectivity index (χ4n) is 3.85. The lowest BCUT2D eigenvalue weighted by Crippen LogP contribution is -2.42. The predicted molar refractivity (Wildman–Crippen MR) is 99.4 cm³/mol. The number of anilines is 1. The standard InChI is InChI=1S/C20H28FN3O2/c21-17-7-9-18(10-8-17)22-20(26)24-14-4-5-16(15-24)6-11-19(25)23-12-2-1-3-13-23/h7-10,16H,1-6,11-15H2,(H,22,26)/t16-/m0/s1. The normalized spacial score (nSPS) is 20.7. The quantitative estimate of drug-likeness (QED) is 0.885. The van der Waals surface area contributed by atoms with Gasteiger partial charge in [0.05, 0.1) is 0 Å². The van der Waals surface area contributed by atoms with E-state index < -0.39 is 0 Å². The van der Waals surface area contributed by atoms with Gasteiger partial charge in [-0.2, -0.15) is 0 Å². The predicted octanol–water partition coefficient (Wildman–Crippen LogP) is 3.86. The summed E-state index contributed by atoms with van der Waals surface area (Å²) >= 11 is 0. The zero-order valence-electron chi connectivity index (χ0n) is 15.3. The van der Waals surface area contributed by atoms with Gasteiger partial charge in [-0.05, 0) is 68.7 Å². The number of amides is 3. The summed E-state index contributed by atoms with van der Waals surface area (Å²) in [5, 5.41) is 2.82. The van der Waals surface area contributed by atoms with E-state index in [2.05, 4.69) is 5.32 Å². The van der Waals surface area contributed by atoms with E-state index in [-0.39, 0.29) is 17.8 Å². The molecule has 1 N–H and O–H groups in total. The Morgan fingerprint density at radius 3 is 2.42 bits per heavy atom. The Labute approximate surface area is 154 Å². The van der Waals surface area contributed by atoms with Gasteiger partial charge in [0.25, 0.3) is 0 Å². The number of urea groups is 1. The van der Waals surface area contributed by atoms with Crippen LogP contribution in [-0.4, -0.2) is 47.9 Å². The first-order valence-electron chi connectivity index (χ1n) is 9.71. The molecule has 0 aromatic heterocycles. The molecule has 3 rings (SSSR count). The summed E-state index contributed by atoms with van der Waals surface area (Å²) in [6.07, 6.45) is 6.91. The molecule has 2 aliphatic heterocycles. The van der Waals surface area contributed by atoms with Crippen LogP contribution < -0.4 is 5.32 Å². The SMILES string of the molecule is O=C(CC[C@@H]1CCCN(C(=O)Nc2ccc(F)cc2)C1)N1CCCCC1. The third-order valence-corrected chi connectivity index (χ3v) is 5.38. The molecule has 0 saturated carbocycles. The fourth-order valence-corrected chi connectivity index (χ4v) is 3.85. The van der Waals surface area contributed by atoms with Crippen molar-refractivity contribution < 1.29 is 14.0 Å². The highest BCUT2D eigenvalue weighted by Gasteiger charge is 2.25. The van der Waals surface area contributed by atoms with Gasteiger partial charge < -0.3 is 15.1 Å². The van der Waals surface area contributed by atoms with Crippen molar-refractivity contribution in [1.29, 1.82) is 0 Å². The molecule has 2 aliphatic rings. The van der Waals surface area contributed by atoms with Crippen molar-refractivity contribution in [2.24, 2.45) is 5.92 Å². The number of rotatable bonds is 4. The van der Waals surface area contributed by atoms with E-state index >= 15 is 0 Å². The third kappa shape index (κ3) is 5.19. The number of piperidine rings is 2. The van der Waals surface area contributed by atoms with E-state index in [4.69, 9.17) is 0 Å². The highest BCUT2D eigenvalue weighted by Crippen LogP contribution is 2.23. The van der Waals surface area contributed by atoms with Crippen LogP contribution in [0.15, 0.2) is 24.3 Å². The Morgan fingerprint density at radius 1 is 1.00 bits per heavy atom. The molecular formula is C20H28FN3O2. The maximum absolute atomic E-state index is 13.0. The number of halogens is 1. The zero-order valence-corrected chi connectivity index (χ0v) is 15.3. The molecule has 1 atom stereocenters. The summed E-state index contributed by atoms with van der Waals surface area (Å²) in [5.74, 6) is 0.313. The van der Waals surface area contributed by atoms with Crippen LogP contribution >= 0.6 is 0 Å². The molecule has 142 valence electrons. The number of likely N-dealkylation sites (tertiary alicyclic amines) is 2. The molecule has 2 saturated heterocycles. The van der Waals surface area contributed by atoms with Gasteiger partial charge >= 0.3 is 6.03 Å². The first-order valence-corrected chi connectivity index (χ1v) is 9.71. The van der Waals surface area contributed by atoms with Gasteiger partial charge in [0.2, 0.25) is 5.91 Å². The number of carbonyl (C=O) groups is 2. The van der Waals surface area contributed by atoms with Crippen LogP contribution in [0.5, 0.6) is 0 Å². The van der Waals surface area contributed by atoms with E-state index in [1.807, 2.05) is 9.80 Å². The highest BCUT2D eigenvalue weighted by atomic mass is 19.1. The zero-order chi connectivity index (χ0) is 18.4. The van der Waals surface area contributed by atoms with E-state index in [1.165, 1.54) is 18.6 Å². The molecule has 5 nitrogen and oxygen atoms in total. The average Bonchev–Trinajstić information content (AvgIpc) is 2.69. The van der Waals surface area contributed by atoms with Crippen molar-refractivity contribution in [1.82, 2.24) is 9.80 Å². The Hall–Kier alpha value is -2.11. The first kappa shape index (κ1) is 18.7. The summed E-state index contributed by atoms with van der Waals surface area (Å²) in [7, 11) is 0. The van der Waals surface area contributed by atoms with Crippen molar-refractivity contribution in [2.75, 3.05) is 31.5 Å². The van der Waals surface area contributed by atoms with E-state index in [0.29, 0.717) is 24.6 Å². The Morgan fingerprint density at radius 2 is 1.69 bits per heavy atom. The molecule has 0 radical (unpaired) electrons. The van der Waals surface area contributed by atoms with Gasteiger partial charge in [0, 0.05) is 38.3 Å². The molecule has 0 bridgehead atoms. The minimum absolute atomic E-state index is 0.149. The Balaban J connectivity index is 1.45. The monoisotopic (exact) mass is 361 g/mol. The summed E-state index contributed by atoms with van der Waals surface area (Å²) in [4.78, 5) is 28.6.